The van der Waals surface area contributed by atoms with Crippen molar-refractivity contribution in [3.63, 3.8) is 0 Å². The van der Waals surface area contributed by atoms with E-state index in [1.807, 2.05) is 12.1 Å². The molecule has 0 bridgehead atoms. The Morgan fingerprint density at radius 1 is 0.632 bits per heavy atom. The molecule has 0 spiro atoms. The van der Waals surface area contributed by atoms with E-state index in [0.29, 0.717) is 0 Å². The topological polar surface area (TPSA) is 74.6 Å². The van der Waals surface area contributed by atoms with Crippen molar-refractivity contribution in [2.45, 2.75) is 0 Å². The third-order valence-corrected chi connectivity index (χ3v) is 1.88. The van der Waals surface area contributed by atoms with Gasteiger partial charge in [0.15, 0.2) is 0 Å². The molecule has 0 saturated carbocycles. The first kappa shape index (κ1) is 20.5. The Bertz CT molecular complexity index is 396. The van der Waals surface area contributed by atoms with Gasteiger partial charge in [-0.15, -0.1) is 0 Å². The smallest absolute Gasteiger partial charge is 0.310 e. The Labute approximate surface area is 127 Å². The zero-order valence-corrected chi connectivity index (χ0v) is 14.8. The molecule has 0 aliphatic heterocycles. The van der Waals surface area contributed by atoms with Crippen LogP contribution in [0.5, 0.6) is 0 Å². The van der Waals surface area contributed by atoms with Crippen molar-refractivity contribution < 1.29 is 38.4 Å². The predicted octanol–water partition coefficient (Wildman–Crippen LogP) is 3.72. The first-order chi connectivity index (χ1) is 8.79. The van der Waals surface area contributed by atoms with Crippen LogP contribution < -0.4 is 0 Å². The molecule has 2 aromatic rings. The molecule has 4 nitrogen and oxygen atoms in total. The van der Waals surface area contributed by atoms with Crippen LogP contribution >= 0.6 is 17.4 Å². The fourth-order valence-corrected chi connectivity index (χ4v) is 1.26. The molecule has 2 aromatic carbocycles. The summed E-state index contributed by atoms with van der Waals surface area (Å²) in [4.78, 5) is 14.0. The third kappa shape index (κ3) is 10.8. The number of benzene rings is 2. The Morgan fingerprint density at radius 2 is 0.842 bits per heavy atom. The minimum atomic E-state index is -0.833. The fourth-order valence-electron chi connectivity index (χ4n) is 1.26. The largest absolute Gasteiger partial charge is 2.00 e. The van der Waals surface area contributed by atoms with Gasteiger partial charge >= 0.3 is 36.9 Å². The molecule has 2 N–H and O–H groups in total. The maximum Gasteiger partial charge on any atom is 2.00 e. The summed E-state index contributed by atoms with van der Waals surface area (Å²) in [5.74, 6) is 0. The van der Waals surface area contributed by atoms with E-state index in [-0.39, 0.29) is 19.5 Å². The molecule has 0 heterocycles. The molecule has 2 rings (SSSR count). The van der Waals surface area contributed by atoms with E-state index in [1.165, 1.54) is 11.1 Å². The number of hydrogen-bond donors (Lipinski definition) is 2. The summed E-state index contributed by atoms with van der Waals surface area (Å²) < 4.78 is 16.9. The molecule has 0 aromatic heterocycles. The molecule has 0 saturated heterocycles. The molecule has 94 valence electrons. The van der Waals surface area contributed by atoms with Crippen molar-refractivity contribution in [3.8, 4) is 11.1 Å². The van der Waals surface area contributed by atoms with Crippen LogP contribution in [0.3, 0.4) is 0 Å². The molecule has 0 aliphatic rings. The van der Waals surface area contributed by atoms with Crippen molar-refractivity contribution >= 4 is 17.4 Å². The first-order valence-electron chi connectivity index (χ1n) is 4.84. The molecule has 0 amide bonds. The van der Waals surface area contributed by atoms with Gasteiger partial charge in [0, 0.05) is 0 Å². The first-order valence-corrected chi connectivity index (χ1v) is 6.37. The van der Waals surface area contributed by atoms with E-state index in [1.54, 1.807) is 0 Å². The van der Waals surface area contributed by atoms with E-state index < -0.39 is 17.4 Å². The molecular weight excluding hydrogens is 335 g/mol. The van der Waals surface area contributed by atoms with Gasteiger partial charge in [0.1, 0.15) is 0 Å². The Hall–Kier alpha value is -0.817. The molecule has 0 aliphatic carbocycles. The molecule has 0 fully saturated rings. The third-order valence-electron chi connectivity index (χ3n) is 1.88. The second-order valence-corrected chi connectivity index (χ2v) is 3.22. The van der Waals surface area contributed by atoms with Crippen LogP contribution in [-0.4, -0.2) is 9.79 Å². The van der Waals surface area contributed by atoms with Gasteiger partial charge in [0.2, 0.25) is 0 Å². The average Bonchev–Trinajstić information content (AvgIpc) is 2.43. The average molecular weight is 348 g/mol. The molecule has 0 atom stereocenters. The van der Waals surface area contributed by atoms with Crippen molar-refractivity contribution in [3.05, 3.63) is 60.7 Å². The molecule has 0 unspecified atom stereocenters. The van der Waals surface area contributed by atoms with Gasteiger partial charge in [-0.25, -0.2) is 9.13 Å². The van der Waals surface area contributed by atoms with Crippen molar-refractivity contribution in [1.29, 1.82) is 0 Å². The minimum Gasteiger partial charge on any atom is -0.310 e. The molecule has 7 heteroatoms. The fraction of sp³-hybridized carbons (Fsp3) is 0. The van der Waals surface area contributed by atoms with Crippen LogP contribution in [0, 0.1) is 0 Å². The van der Waals surface area contributed by atoms with Gasteiger partial charge in [0.05, 0.1) is 0 Å². The van der Waals surface area contributed by atoms with E-state index in [9.17, 15) is 0 Å². The van der Waals surface area contributed by atoms with E-state index in [0.717, 1.165) is 0 Å². The zero-order chi connectivity index (χ0) is 13.6. The van der Waals surface area contributed by atoms with E-state index in [4.69, 9.17) is 18.9 Å². The summed E-state index contributed by atoms with van der Waals surface area (Å²) in [7, 11) is -1.67. The summed E-state index contributed by atoms with van der Waals surface area (Å²) in [5.41, 5.74) is 2.55. The van der Waals surface area contributed by atoms with Gasteiger partial charge in [-0.05, 0) is 11.1 Å². The van der Waals surface area contributed by atoms with Crippen LogP contribution in [0.4, 0.5) is 0 Å². The van der Waals surface area contributed by atoms with Gasteiger partial charge < -0.3 is 9.79 Å². The second-order valence-electron chi connectivity index (χ2n) is 2.90. The normalized spacial score (nSPS) is 8.32. The maximum absolute atomic E-state index is 8.46. The van der Waals surface area contributed by atoms with Crippen molar-refractivity contribution in [2.75, 3.05) is 0 Å². The van der Waals surface area contributed by atoms with Gasteiger partial charge in [-0.2, -0.15) is 0 Å². The van der Waals surface area contributed by atoms with E-state index in [2.05, 4.69) is 48.5 Å². The summed E-state index contributed by atoms with van der Waals surface area (Å²) in [6.45, 7) is 0. The summed E-state index contributed by atoms with van der Waals surface area (Å²) in [6.07, 6.45) is 0. The van der Waals surface area contributed by atoms with Gasteiger partial charge in [-0.1, -0.05) is 60.7 Å². The van der Waals surface area contributed by atoms with Crippen LogP contribution in [-0.2, 0) is 28.6 Å². The Balaban J connectivity index is 0. The Kier molecular flexibility index (Phi) is 16.4. The SMILES string of the molecule is O=PO.O=PO.[Zn+2].c1ccc(-c2ccccc2)cc1. The number of hydrogen-bond acceptors (Lipinski definition) is 2. The van der Waals surface area contributed by atoms with E-state index >= 15 is 0 Å². The van der Waals surface area contributed by atoms with Gasteiger partial charge in [0.25, 0.3) is 0 Å². The summed E-state index contributed by atoms with van der Waals surface area (Å²) in [6, 6.07) is 20.8. The summed E-state index contributed by atoms with van der Waals surface area (Å²) >= 11 is 0. The minimum absolute atomic E-state index is 0. The number of rotatable bonds is 1. The van der Waals surface area contributed by atoms with Crippen LogP contribution in [0.2, 0.25) is 0 Å². The van der Waals surface area contributed by atoms with Crippen LogP contribution in [0.1, 0.15) is 0 Å². The molecule has 19 heavy (non-hydrogen) atoms. The quantitative estimate of drug-likeness (QED) is 0.609. The Morgan fingerprint density at radius 3 is 1.05 bits per heavy atom. The maximum atomic E-state index is 8.46. The standard InChI is InChI=1S/C12H10.2HO2P.Zn/c1-3-7-11(8-4-1)12-9-5-2-6-10-12;2*1-3-2;/h1-10H;2*(H,1,2);/q;;;+2. The van der Waals surface area contributed by atoms with Crippen LogP contribution in [0.15, 0.2) is 60.7 Å². The second kappa shape index (κ2) is 15.2. The predicted molar refractivity (Wildman–Crippen MR) is 71.5 cm³/mol. The van der Waals surface area contributed by atoms with Crippen molar-refractivity contribution in [1.82, 2.24) is 0 Å². The monoisotopic (exact) mass is 346 g/mol. The van der Waals surface area contributed by atoms with Crippen molar-refractivity contribution in [2.24, 2.45) is 0 Å². The zero-order valence-electron chi connectivity index (χ0n) is 10.1. The van der Waals surface area contributed by atoms with Gasteiger partial charge in [-0.3, -0.25) is 0 Å². The molecule has 0 radical (unpaired) electrons. The molecular formula is C12H12O4P2Zn+2. The van der Waals surface area contributed by atoms with Crippen LogP contribution in [0.25, 0.3) is 11.1 Å². The summed E-state index contributed by atoms with van der Waals surface area (Å²) in [5, 5.41) is 0.